The van der Waals surface area contributed by atoms with Gasteiger partial charge in [-0.15, -0.1) is 0 Å². The minimum absolute atomic E-state index is 0.314. The molecule has 5 nitrogen and oxygen atoms in total. The molecule has 0 radical (unpaired) electrons. The van der Waals surface area contributed by atoms with Gasteiger partial charge in [-0.3, -0.25) is 15.6 Å². The molecule has 3 N–H and O–H groups in total. The quantitative estimate of drug-likeness (QED) is 0.593. The zero-order valence-electron chi connectivity index (χ0n) is 13.0. The van der Waals surface area contributed by atoms with Crippen molar-refractivity contribution in [2.45, 2.75) is 13.0 Å². The molecule has 0 spiro atoms. The maximum Gasteiger partial charge on any atom is 0.279 e. The van der Waals surface area contributed by atoms with E-state index < -0.39 is 6.10 Å². The van der Waals surface area contributed by atoms with Gasteiger partial charge in [-0.1, -0.05) is 48.5 Å². The first-order valence-electron chi connectivity index (χ1n) is 7.20. The van der Waals surface area contributed by atoms with Crippen LogP contribution in [0.4, 0.5) is 0 Å². The Morgan fingerprint density at radius 1 is 1.04 bits per heavy atom. The predicted molar refractivity (Wildman–Crippen MR) is 94.9 cm³/mol. The van der Waals surface area contributed by atoms with Crippen LogP contribution in [-0.2, 0) is 4.79 Å². The van der Waals surface area contributed by atoms with Crippen LogP contribution in [0.3, 0.4) is 0 Å². The molecule has 0 aliphatic carbocycles. The van der Waals surface area contributed by atoms with E-state index in [9.17, 15) is 4.79 Å². The standard InChI is InChI=1S/C17H19N3O2S/c1-12(16(21)19-20-17(23)18-2)22-15-11-7-6-10-14(15)13-8-4-3-5-9-13/h3-12H,1-2H3,(H,19,21)(H2,18,20,23)/t12-/m0/s1. The van der Waals surface area contributed by atoms with Crippen molar-refractivity contribution in [3.63, 3.8) is 0 Å². The van der Waals surface area contributed by atoms with E-state index in [0.717, 1.165) is 11.1 Å². The Morgan fingerprint density at radius 3 is 2.39 bits per heavy atom. The summed E-state index contributed by atoms with van der Waals surface area (Å²) in [6.07, 6.45) is -0.674. The number of hydrazine groups is 1. The van der Waals surface area contributed by atoms with E-state index in [1.807, 2.05) is 54.6 Å². The summed E-state index contributed by atoms with van der Waals surface area (Å²) in [4.78, 5) is 12.0. The molecule has 1 atom stereocenters. The van der Waals surface area contributed by atoms with Gasteiger partial charge >= 0.3 is 0 Å². The smallest absolute Gasteiger partial charge is 0.279 e. The second kappa shape index (κ2) is 8.14. The van der Waals surface area contributed by atoms with E-state index in [0.29, 0.717) is 10.9 Å². The van der Waals surface area contributed by atoms with Gasteiger partial charge in [0.25, 0.3) is 5.91 Å². The lowest BCUT2D eigenvalue weighted by Gasteiger charge is -2.18. The van der Waals surface area contributed by atoms with Gasteiger partial charge in [-0.2, -0.15) is 0 Å². The van der Waals surface area contributed by atoms with Gasteiger partial charge in [0.15, 0.2) is 11.2 Å². The van der Waals surface area contributed by atoms with E-state index in [4.69, 9.17) is 17.0 Å². The molecular weight excluding hydrogens is 310 g/mol. The van der Waals surface area contributed by atoms with E-state index >= 15 is 0 Å². The maximum atomic E-state index is 12.0. The molecule has 0 unspecified atom stereocenters. The Hall–Kier alpha value is -2.60. The van der Waals surface area contributed by atoms with Crippen molar-refractivity contribution in [3.05, 3.63) is 54.6 Å². The first-order valence-corrected chi connectivity index (χ1v) is 7.61. The molecule has 1 amide bonds. The maximum absolute atomic E-state index is 12.0. The number of para-hydroxylation sites is 1. The average molecular weight is 329 g/mol. The number of rotatable bonds is 4. The van der Waals surface area contributed by atoms with Crippen LogP contribution in [0.2, 0.25) is 0 Å². The average Bonchev–Trinajstić information content (AvgIpc) is 2.60. The monoisotopic (exact) mass is 329 g/mol. The third kappa shape index (κ3) is 4.69. The number of ether oxygens (including phenoxy) is 1. The molecule has 2 rings (SSSR count). The fourth-order valence-corrected chi connectivity index (χ4v) is 2.00. The summed E-state index contributed by atoms with van der Waals surface area (Å²) in [5.74, 6) is 0.336. The number of benzene rings is 2. The molecule has 2 aromatic carbocycles. The van der Waals surface area contributed by atoms with Crippen LogP contribution in [0, 0.1) is 0 Å². The minimum Gasteiger partial charge on any atom is -0.480 e. The minimum atomic E-state index is -0.674. The van der Waals surface area contributed by atoms with Crippen LogP contribution in [0.15, 0.2) is 54.6 Å². The molecule has 0 heterocycles. The van der Waals surface area contributed by atoms with Gasteiger partial charge in [0, 0.05) is 12.6 Å². The molecule has 0 saturated heterocycles. The van der Waals surface area contributed by atoms with Crippen LogP contribution < -0.4 is 20.9 Å². The molecular formula is C17H19N3O2S. The third-order valence-electron chi connectivity index (χ3n) is 3.17. The van der Waals surface area contributed by atoms with Gasteiger partial charge in [0.1, 0.15) is 5.75 Å². The number of thiocarbonyl (C=S) groups is 1. The lowest BCUT2D eigenvalue weighted by atomic mass is 10.0. The van der Waals surface area contributed by atoms with Gasteiger partial charge in [0.05, 0.1) is 0 Å². The molecule has 0 bridgehead atoms. The van der Waals surface area contributed by atoms with Crippen LogP contribution in [0.25, 0.3) is 11.1 Å². The fourth-order valence-electron chi connectivity index (χ4n) is 1.95. The molecule has 2 aromatic rings. The molecule has 6 heteroatoms. The van der Waals surface area contributed by atoms with Gasteiger partial charge in [-0.05, 0) is 30.8 Å². The molecule has 0 saturated carbocycles. The second-order valence-electron chi connectivity index (χ2n) is 4.82. The summed E-state index contributed by atoms with van der Waals surface area (Å²) in [7, 11) is 1.66. The Labute approximate surface area is 141 Å². The molecule has 0 fully saturated rings. The SMILES string of the molecule is CNC(=S)NNC(=O)[C@H](C)Oc1ccccc1-c1ccccc1. The summed E-state index contributed by atoms with van der Waals surface area (Å²) in [5.41, 5.74) is 7.05. The summed E-state index contributed by atoms with van der Waals surface area (Å²) in [6, 6.07) is 17.5. The van der Waals surface area contributed by atoms with Crippen molar-refractivity contribution >= 4 is 23.2 Å². The number of carbonyl (C=O) groups excluding carboxylic acids is 1. The molecule has 23 heavy (non-hydrogen) atoms. The van der Waals surface area contributed by atoms with Crippen molar-refractivity contribution in [3.8, 4) is 16.9 Å². The van der Waals surface area contributed by atoms with Crippen molar-refractivity contribution in [2.75, 3.05) is 7.05 Å². The normalized spacial score (nSPS) is 11.2. The number of hydrogen-bond donors (Lipinski definition) is 3. The Morgan fingerprint density at radius 2 is 1.70 bits per heavy atom. The summed E-state index contributed by atoms with van der Waals surface area (Å²) >= 11 is 4.90. The number of amides is 1. The Bertz CT molecular complexity index is 677. The molecule has 0 aromatic heterocycles. The molecule has 0 aliphatic rings. The summed E-state index contributed by atoms with van der Waals surface area (Å²) in [6.45, 7) is 1.68. The first-order chi connectivity index (χ1) is 11.1. The topological polar surface area (TPSA) is 62.4 Å². The zero-order valence-corrected chi connectivity index (χ0v) is 13.8. The lowest BCUT2D eigenvalue weighted by molar-refractivity contribution is -0.127. The highest BCUT2D eigenvalue weighted by molar-refractivity contribution is 7.80. The van der Waals surface area contributed by atoms with Crippen LogP contribution in [0.5, 0.6) is 5.75 Å². The van der Waals surface area contributed by atoms with Crippen LogP contribution in [-0.4, -0.2) is 24.2 Å². The second-order valence-corrected chi connectivity index (χ2v) is 5.22. The Kier molecular flexibility index (Phi) is 5.94. The summed E-state index contributed by atoms with van der Waals surface area (Å²) in [5, 5.41) is 3.03. The predicted octanol–water partition coefficient (Wildman–Crippen LogP) is 2.25. The van der Waals surface area contributed by atoms with Crippen LogP contribution >= 0.6 is 12.2 Å². The van der Waals surface area contributed by atoms with Crippen molar-refractivity contribution in [2.24, 2.45) is 0 Å². The highest BCUT2D eigenvalue weighted by Gasteiger charge is 2.16. The largest absolute Gasteiger partial charge is 0.480 e. The van der Waals surface area contributed by atoms with Gasteiger partial charge < -0.3 is 10.1 Å². The highest BCUT2D eigenvalue weighted by atomic mass is 32.1. The van der Waals surface area contributed by atoms with Crippen molar-refractivity contribution in [1.29, 1.82) is 0 Å². The van der Waals surface area contributed by atoms with Crippen LogP contribution in [0.1, 0.15) is 6.92 Å². The van der Waals surface area contributed by atoms with Crippen molar-refractivity contribution < 1.29 is 9.53 Å². The lowest BCUT2D eigenvalue weighted by Crippen LogP contribution is -2.49. The first kappa shape index (κ1) is 16.8. The number of nitrogens with one attached hydrogen (secondary N) is 3. The fraction of sp³-hybridized carbons (Fsp3) is 0.176. The highest BCUT2D eigenvalue weighted by Crippen LogP contribution is 2.30. The number of hydrogen-bond acceptors (Lipinski definition) is 3. The zero-order chi connectivity index (χ0) is 16.7. The third-order valence-corrected chi connectivity index (χ3v) is 3.48. The van der Waals surface area contributed by atoms with Gasteiger partial charge in [-0.25, -0.2) is 0 Å². The van der Waals surface area contributed by atoms with E-state index in [2.05, 4.69) is 16.2 Å². The van der Waals surface area contributed by atoms with E-state index in [1.54, 1.807) is 14.0 Å². The number of carbonyl (C=O) groups is 1. The molecule has 120 valence electrons. The van der Waals surface area contributed by atoms with E-state index in [1.165, 1.54) is 0 Å². The van der Waals surface area contributed by atoms with Crippen molar-refractivity contribution in [1.82, 2.24) is 16.2 Å². The Balaban J connectivity index is 2.08. The van der Waals surface area contributed by atoms with Gasteiger partial charge in [0.2, 0.25) is 0 Å². The van der Waals surface area contributed by atoms with E-state index in [-0.39, 0.29) is 5.91 Å². The molecule has 0 aliphatic heterocycles. The summed E-state index contributed by atoms with van der Waals surface area (Å²) < 4.78 is 5.81.